The highest BCUT2D eigenvalue weighted by atomic mass is 35.5. The van der Waals surface area contributed by atoms with Gasteiger partial charge in [0.05, 0.1) is 7.11 Å². The molecule has 6 nitrogen and oxygen atoms in total. The number of rotatable bonds is 8. The van der Waals surface area contributed by atoms with E-state index in [4.69, 9.17) is 9.47 Å². The summed E-state index contributed by atoms with van der Waals surface area (Å²) in [5.74, 6) is 0.134. The summed E-state index contributed by atoms with van der Waals surface area (Å²) in [6.45, 7) is 3.88. The molecule has 1 unspecified atom stereocenters. The summed E-state index contributed by atoms with van der Waals surface area (Å²) in [6, 6.07) is 6.06. The molecule has 0 spiro atoms. The highest BCUT2D eigenvalue weighted by Crippen LogP contribution is 2.35. The smallest absolute Gasteiger partial charge is 0.409 e. The molecule has 7 heteroatoms. The van der Waals surface area contributed by atoms with Crippen molar-refractivity contribution in [2.75, 3.05) is 32.6 Å². The first-order valence-electron chi connectivity index (χ1n) is 8.86. The normalized spacial score (nSPS) is 14.7. The molecular weight excluding hydrogens is 356 g/mol. The number of benzene rings is 1. The Morgan fingerprint density at radius 2 is 2.12 bits per heavy atom. The summed E-state index contributed by atoms with van der Waals surface area (Å²) < 4.78 is 10.1. The predicted octanol–water partition coefficient (Wildman–Crippen LogP) is 3.94. The van der Waals surface area contributed by atoms with Crippen LogP contribution in [0.5, 0.6) is 0 Å². The Labute approximate surface area is 161 Å². The van der Waals surface area contributed by atoms with E-state index in [-0.39, 0.29) is 31.1 Å². The van der Waals surface area contributed by atoms with Crippen LogP contribution in [0, 0.1) is 0 Å². The van der Waals surface area contributed by atoms with Crippen molar-refractivity contribution in [3.05, 3.63) is 29.3 Å². The van der Waals surface area contributed by atoms with Crippen LogP contribution in [-0.4, -0.2) is 44.2 Å². The Kier molecular flexibility index (Phi) is 9.27. The minimum atomic E-state index is -0.294. The quantitative estimate of drug-likeness (QED) is 0.687. The molecule has 0 fully saturated rings. The zero-order valence-corrected chi connectivity index (χ0v) is 16.6. The molecule has 2 rings (SSSR count). The number of nitrogens with zero attached hydrogens (tertiary/aromatic N) is 1. The first-order valence-corrected chi connectivity index (χ1v) is 8.86. The van der Waals surface area contributed by atoms with Crippen molar-refractivity contribution in [1.29, 1.82) is 0 Å². The van der Waals surface area contributed by atoms with Crippen LogP contribution < -0.4 is 5.32 Å². The first-order chi connectivity index (χ1) is 12.0. The van der Waals surface area contributed by atoms with Gasteiger partial charge in [-0.3, -0.25) is 4.79 Å². The van der Waals surface area contributed by atoms with E-state index >= 15 is 0 Å². The van der Waals surface area contributed by atoms with Gasteiger partial charge in [-0.25, -0.2) is 4.79 Å². The SMILES string of the molecule is CCCCN(C)C(=O)OCc1ccc2c(c1)NCC2CCC(=O)OC.Cl. The number of halogens is 1. The van der Waals surface area contributed by atoms with Gasteiger partial charge in [0.2, 0.25) is 0 Å². The van der Waals surface area contributed by atoms with E-state index in [9.17, 15) is 9.59 Å². The highest BCUT2D eigenvalue weighted by molar-refractivity contribution is 5.85. The third kappa shape index (κ3) is 6.09. The van der Waals surface area contributed by atoms with Gasteiger partial charge >= 0.3 is 12.1 Å². The lowest BCUT2D eigenvalue weighted by Gasteiger charge is -2.16. The van der Waals surface area contributed by atoms with E-state index in [1.165, 1.54) is 12.7 Å². The second-order valence-electron chi connectivity index (χ2n) is 6.44. The van der Waals surface area contributed by atoms with Gasteiger partial charge in [0.15, 0.2) is 0 Å². The number of carbonyl (C=O) groups excluding carboxylic acids is 2. The number of methoxy groups -OCH3 is 1. The van der Waals surface area contributed by atoms with Crippen molar-refractivity contribution in [3.8, 4) is 0 Å². The van der Waals surface area contributed by atoms with Gasteiger partial charge in [0.25, 0.3) is 0 Å². The maximum Gasteiger partial charge on any atom is 0.409 e. The van der Waals surface area contributed by atoms with Crippen LogP contribution in [0.2, 0.25) is 0 Å². The molecule has 0 bridgehead atoms. The largest absolute Gasteiger partial charge is 0.469 e. The topological polar surface area (TPSA) is 67.9 Å². The Bertz CT molecular complexity index is 609. The van der Waals surface area contributed by atoms with E-state index in [1.54, 1.807) is 11.9 Å². The number of anilines is 1. The van der Waals surface area contributed by atoms with Gasteiger partial charge < -0.3 is 19.7 Å². The van der Waals surface area contributed by atoms with Crippen molar-refractivity contribution in [2.24, 2.45) is 0 Å². The molecule has 0 saturated carbocycles. The van der Waals surface area contributed by atoms with Crippen LogP contribution in [-0.2, 0) is 20.9 Å². The van der Waals surface area contributed by atoms with Crippen LogP contribution in [0.1, 0.15) is 49.7 Å². The van der Waals surface area contributed by atoms with Gasteiger partial charge in [0.1, 0.15) is 6.61 Å². The maximum absolute atomic E-state index is 11.9. The fourth-order valence-corrected chi connectivity index (χ4v) is 2.94. The number of carbonyl (C=O) groups is 2. The molecule has 0 aliphatic carbocycles. The van der Waals surface area contributed by atoms with Gasteiger partial charge in [0, 0.05) is 38.2 Å². The predicted molar refractivity (Wildman–Crippen MR) is 104 cm³/mol. The molecule has 0 radical (unpaired) electrons. The van der Waals surface area contributed by atoms with Gasteiger partial charge in [-0.15, -0.1) is 12.4 Å². The molecule has 26 heavy (non-hydrogen) atoms. The Morgan fingerprint density at radius 1 is 1.35 bits per heavy atom. The molecule has 1 heterocycles. The lowest BCUT2D eigenvalue weighted by molar-refractivity contribution is -0.140. The molecule has 0 saturated heterocycles. The average molecular weight is 385 g/mol. The summed E-state index contributed by atoms with van der Waals surface area (Å²) in [5.41, 5.74) is 3.22. The summed E-state index contributed by atoms with van der Waals surface area (Å²) in [6.07, 6.45) is 2.92. The van der Waals surface area contributed by atoms with E-state index in [0.29, 0.717) is 18.9 Å². The van der Waals surface area contributed by atoms with E-state index < -0.39 is 0 Å². The lowest BCUT2D eigenvalue weighted by atomic mass is 9.95. The van der Waals surface area contributed by atoms with Crippen LogP contribution in [0.4, 0.5) is 10.5 Å². The number of esters is 1. The van der Waals surface area contributed by atoms with E-state index in [2.05, 4.69) is 18.3 Å². The third-order valence-electron chi connectivity index (χ3n) is 4.54. The monoisotopic (exact) mass is 384 g/mol. The molecule has 1 atom stereocenters. The summed E-state index contributed by atoms with van der Waals surface area (Å²) in [4.78, 5) is 24.8. The molecular formula is C19H29ClN2O4. The molecule has 146 valence electrons. The van der Waals surface area contributed by atoms with Gasteiger partial charge in [-0.2, -0.15) is 0 Å². The maximum atomic E-state index is 11.9. The molecule has 1 aliphatic heterocycles. The standard InChI is InChI=1S/C19H28N2O4.ClH/c1-4-5-10-21(2)19(23)25-13-14-6-8-16-15(7-9-18(22)24-3)12-20-17(16)11-14;/h6,8,11,15,20H,4-5,7,9-10,12-13H2,1-3H3;1H. The fraction of sp³-hybridized carbons (Fsp3) is 0.579. The Balaban J connectivity index is 0.00000338. The van der Waals surface area contributed by atoms with Crippen LogP contribution >= 0.6 is 12.4 Å². The minimum Gasteiger partial charge on any atom is -0.469 e. The first kappa shape index (κ1) is 22.1. The summed E-state index contributed by atoms with van der Waals surface area (Å²) in [7, 11) is 3.17. The number of nitrogens with one attached hydrogen (secondary N) is 1. The van der Waals surface area contributed by atoms with Gasteiger partial charge in [-0.1, -0.05) is 25.5 Å². The number of fused-ring (bicyclic) bond motifs is 1. The molecule has 1 amide bonds. The van der Waals surface area contributed by atoms with Crippen molar-refractivity contribution < 1.29 is 19.1 Å². The van der Waals surface area contributed by atoms with Crippen LogP contribution in [0.15, 0.2) is 18.2 Å². The number of amides is 1. The highest BCUT2D eigenvalue weighted by Gasteiger charge is 2.23. The van der Waals surface area contributed by atoms with Crippen LogP contribution in [0.3, 0.4) is 0 Å². The number of hydrogen-bond donors (Lipinski definition) is 1. The Morgan fingerprint density at radius 3 is 2.81 bits per heavy atom. The second-order valence-corrected chi connectivity index (χ2v) is 6.44. The zero-order chi connectivity index (χ0) is 18.2. The molecule has 1 aromatic rings. The molecule has 0 aromatic heterocycles. The molecule has 1 N–H and O–H groups in total. The van der Waals surface area contributed by atoms with Gasteiger partial charge in [-0.05, 0) is 30.0 Å². The van der Waals surface area contributed by atoms with Crippen molar-refractivity contribution in [2.45, 2.75) is 45.1 Å². The van der Waals surface area contributed by atoms with E-state index in [0.717, 1.165) is 37.1 Å². The number of unbranched alkanes of at least 4 members (excludes halogenated alkanes) is 1. The summed E-state index contributed by atoms with van der Waals surface area (Å²) >= 11 is 0. The van der Waals surface area contributed by atoms with Crippen molar-refractivity contribution in [1.82, 2.24) is 4.90 Å². The third-order valence-corrected chi connectivity index (χ3v) is 4.54. The van der Waals surface area contributed by atoms with Crippen molar-refractivity contribution >= 4 is 30.2 Å². The zero-order valence-electron chi connectivity index (χ0n) is 15.7. The molecule has 1 aliphatic rings. The second kappa shape index (κ2) is 10.9. The number of hydrogen-bond acceptors (Lipinski definition) is 5. The van der Waals surface area contributed by atoms with E-state index in [1.807, 2.05) is 12.1 Å². The molecule has 1 aromatic carbocycles. The minimum absolute atomic E-state index is 0. The van der Waals surface area contributed by atoms with Crippen molar-refractivity contribution in [3.63, 3.8) is 0 Å². The lowest BCUT2D eigenvalue weighted by Crippen LogP contribution is -2.28. The summed E-state index contributed by atoms with van der Waals surface area (Å²) in [5, 5.41) is 3.37. The number of ether oxygens (including phenoxy) is 2. The average Bonchev–Trinajstić information content (AvgIpc) is 3.04. The fourth-order valence-electron chi connectivity index (χ4n) is 2.94. The van der Waals surface area contributed by atoms with Crippen LogP contribution in [0.25, 0.3) is 0 Å². The Hall–Kier alpha value is -1.95.